The van der Waals surface area contributed by atoms with Crippen molar-refractivity contribution in [3.8, 4) is 5.75 Å². The van der Waals surface area contributed by atoms with Gasteiger partial charge in [-0.15, -0.1) is 0 Å². The summed E-state index contributed by atoms with van der Waals surface area (Å²) in [6.07, 6.45) is 6.95. The van der Waals surface area contributed by atoms with Gasteiger partial charge in [0.1, 0.15) is 5.75 Å². The number of carboxylic acids is 1. The molecule has 1 aliphatic carbocycles. The number of aromatic nitrogens is 1. The van der Waals surface area contributed by atoms with E-state index in [-0.39, 0.29) is 17.5 Å². The van der Waals surface area contributed by atoms with Gasteiger partial charge in [-0.2, -0.15) is 0 Å². The van der Waals surface area contributed by atoms with Gasteiger partial charge in [0.2, 0.25) is 0 Å². The number of halogens is 1. The Labute approximate surface area is 205 Å². The number of allylic oxidation sites excluding steroid dienone is 3. The first kappa shape index (κ1) is 25.1. The summed E-state index contributed by atoms with van der Waals surface area (Å²) in [6, 6.07) is 13.2. The molecular weight excluding hydrogens is 450 g/mol. The molecule has 6 nitrogen and oxygen atoms in total. The van der Waals surface area contributed by atoms with Gasteiger partial charge in [-0.25, -0.2) is 9.79 Å². The number of aromatic carboxylic acids is 1. The molecule has 0 radical (unpaired) electrons. The maximum absolute atomic E-state index is 11.3. The Morgan fingerprint density at radius 2 is 2.00 bits per heavy atom. The van der Waals surface area contributed by atoms with E-state index in [2.05, 4.69) is 39.9 Å². The van der Waals surface area contributed by atoms with Gasteiger partial charge < -0.3 is 20.1 Å². The number of carboxylic acid groups (broad SMARTS) is 1. The Hall–Kier alpha value is -3.51. The molecule has 1 aromatic heterocycles. The molecule has 178 valence electrons. The van der Waals surface area contributed by atoms with Gasteiger partial charge in [-0.1, -0.05) is 49.7 Å². The number of aliphatic imine (C=N–C) groups is 1. The van der Waals surface area contributed by atoms with Gasteiger partial charge in [0.15, 0.2) is 0 Å². The molecule has 1 atom stereocenters. The highest BCUT2D eigenvalue weighted by Crippen LogP contribution is 2.34. The molecular formula is C27H30ClN3O3. The maximum Gasteiger partial charge on any atom is 0.336 e. The molecule has 0 spiro atoms. The molecule has 3 N–H and O–H groups in total. The fourth-order valence-electron chi connectivity index (χ4n) is 3.82. The summed E-state index contributed by atoms with van der Waals surface area (Å²) < 4.78 is 7.59. The number of fused-ring (bicyclic) bond motifs is 1. The lowest BCUT2D eigenvalue weighted by Gasteiger charge is -2.18. The van der Waals surface area contributed by atoms with E-state index in [9.17, 15) is 9.90 Å². The highest BCUT2D eigenvalue weighted by Gasteiger charge is 2.17. The second-order valence-corrected chi connectivity index (χ2v) is 8.30. The van der Waals surface area contributed by atoms with Crippen LogP contribution in [0.1, 0.15) is 41.8 Å². The zero-order valence-electron chi connectivity index (χ0n) is 19.9. The fourth-order valence-corrected chi connectivity index (χ4v) is 4.18. The standard InChI is InChI=1S/C25H24ClN3O3.C2H6/c1-15-3-6-19(13-21(15)24(30)31)32-25(27)28-14-16-4-7-20(22(26)11-16)17-5-8-23-18(12-17)9-10-29(23)2;1-2/h3,5-13,16H,4,14H2,1-2H3,(H2,27,28)(H,30,31);1-2H3. The van der Waals surface area contributed by atoms with Gasteiger partial charge in [-0.05, 0) is 60.4 Å². The zero-order valence-corrected chi connectivity index (χ0v) is 20.6. The van der Waals surface area contributed by atoms with Crippen molar-refractivity contribution in [1.82, 2.24) is 4.57 Å². The number of nitrogens with two attached hydrogens (primary N) is 1. The molecule has 0 saturated heterocycles. The molecule has 7 heteroatoms. The molecule has 4 rings (SSSR count). The smallest absolute Gasteiger partial charge is 0.336 e. The van der Waals surface area contributed by atoms with Gasteiger partial charge in [0.05, 0.1) is 12.1 Å². The maximum atomic E-state index is 11.3. The molecule has 1 heterocycles. The Kier molecular flexibility index (Phi) is 8.18. The van der Waals surface area contributed by atoms with E-state index in [1.54, 1.807) is 19.1 Å². The number of aryl methyl sites for hydroxylation is 2. The van der Waals surface area contributed by atoms with E-state index in [1.165, 1.54) is 17.0 Å². The number of amidine groups is 1. The second-order valence-electron chi connectivity index (χ2n) is 7.89. The second kappa shape index (κ2) is 11.1. The van der Waals surface area contributed by atoms with Crippen molar-refractivity contribution in [2.45, 2.75) is 27.2 Å². The first-order chi connectivity index (χ1) is 16.3. The van der Waals surface area contributed by atoms with Crippen LogP contribution in [0, 0.1) is 12.8 Å². The van der Waals surface area contributed by atoms with Crippen LogP contribution >= 0.6 is 11.6 Å². The number of ether oxygens (including phenoxy) is 1. The minimum Gasteiger partial charge on any atom is -0.478 e. The largest absolute Gasteiger partial charge is 0.478 e. The summed E-state index contributed by atoms with van der Waals surface area (Å²) in [4.78, 5) is 15.6. The fraction of sp³-hybridized carbons (Fsp3) is 0.259. The molecule has 0 aliphatic heterocycles. The number of hydrogen-bond donors (Lipinski definition) is 2. The first-order valence-corrected chi connectivity index (χ1v) is 11.6. The number of hydrogen-bond acceptors (Lipinski definition) is 3. The molecule has 0 amide bonds. The van der Waals surface area contributed by atoms with E-state index in [0.29, 0.717) is 22.9 Å². The van der Waals surface area contributed by atoms with E-state index < -0.39 is 5.97 Å². The van der Waals surface area contributed by atoms with Crippen molar-refractivity contribution in [2.75, 3.05) is 6.54 Å². The molecule has 0 saturated carbocycles. The van der Waals surface area contributed by atoms with Crippen LogP contribution in [0.2, 0.25) is 0 Å². The Morgan fingerprint density at radius 1 is 1.24 bits per heavy atom. The van der Waals surface area contributed by atoms with Crippen molar-refractivity contribution < 1.29 is 14.6 Å². The van der Waals surface area contributed by atoms with Crippen LogP contribution in [0.5, 0.6) is 5.75 Å². The summed E-state index contributed by atoms with van der Waals surface area (Å²) in [7, 11) is 2.03. The van der Waals surface area contributed by atoms with Crippen molar-refractivity contribution in [1.29, 1.82) is 0 Å². The topological polar surface area (TPSA) is 89.8 Å². The number of nitrogens with zero attached hydrogens (tertiary/aromatic N) is 2. The van der Waals surface area contributed by atoms with Crippen LogP contribution in [0.25, 0.3) is 16.5 Å². The highest BCUT2D eigenvalue weighted by atomic mass is 35.5. The molecule has 3 aromatic rings. The lowest BCUT2D eigenvalue weighted by atomic mass is 9.92. The number of rotatable bonds is 5. The van der Waals surface area contributed by atoms with Gasteiger partial charge in [0.25, 0.3) is 6.02 Å². The summed E-state index contributed by atoms with van der Waals surface area (Å²) in [5, 5.41) is 11.1. The summed E-state index contributed by atoms with van der Waals surface area (Å²) in [5.74, 6) is -0.578. The van der Waals surface area contributed by atoms with E-state index in [4.69, 9.17) is 22.1 Å². The lowest BCUT2D eigenvalue weighted by molar-refractivity contribution is 0.0695. The molecule has 0 bridgehead atoms. The highest BCUT2D eigenvalue weighted by molar-refractivity contribution is 6.37. The molecule has 0 fully saturated rings. The monoisotopic (exact) mass is 479 g/mol. The third-order valence-corrected chi connectivity index (χ3v) is 5.93. The Balaban J connectivity index is 0.00000158. The average Bonchev–Trinajstić information content (AvgIpc) is 3.20. The number of benzene rings is 2. The average molecular weight is 480 g/mol. The third-order valence-electron chi connectivity index (χ3n) is 5.60. The minimum absolute atomic E-state index is 0.0148. The summed E-state index contributed by atoms with van der Waals surface area (Å²) in [5.41, 5.74) is 10.0. The summed E-state index contributed by atoms with van der Waals surface area (Å²) >= 11 is 6.60. The molecule has 2 aromatic carbocycles. The van der Waals surface area contributed by atoms with Gasteiger partial charge in [-0.3, -0.25) is 0 Å². The van der Waals surface area contributed by atoms with Crippen molar-refractivity contribution >= 4 is 40.1 Å². The van der Waals surface area contributed by atoms with Gasteiger partial charge >= 0.3 is 5.97 Å². The molecule has 1 aliphatic rings. The quantitative estimate of drug-likeness (QED) is 0.340. The summed E-state index contributed by atoms with van der Waals surface area (Å²) in [6.45, 7) is 6.14. The Morgan fingerprint density at radius 3 is 2.71 bits per heavy atom. The predicted octanol–water partition coefficient (Wildman–Crippen LogP) is 6.13. The molecule has 34 heavy (non-hydrogen) atoms. The van der Waals surface area contributed by atoms with Crippen LogP contribution < -0.4 is 10.5 Å². The molecule has 1 unspecified atom stereocenters. The van der Waals surface area contributed by atoms with E-state index in [0.717, 1.165) is 17.6 Å². The van der Waals surface area contributed by atoms with Crippen LogP contribution in [-0.2, 0) is 7.05 Å². The minimum atomic E-state index is -1.01. The number of carbonyl (C=O) groups is 1. The van der Waals surface area contributed by atoms with Gasteiger partial charge in [0, 0.05) is 35.1 Å². The van der Waals surface area contributed by atoms with Crippen LogP contribution in [0.4, 0.5) is 0 Å². The van der Waals surface area contributed by atoms with E-state index in [1.807, 2.05) is 33.2 Å². The normalized spacial score (nSPS) is 15.8. The van der Waals surface area contributed by atoms with Crippen molar-refractivity contribution in [3.63, 3.8) is 0 Å². The predicted molar refractivity (Wildman–Crippen MR) is 140 cm³/mol. The first-order valence-electron chi connectivity index (χ1n) is 11.3. The SMILES string of the molecule is CC.Cc1ccc(OC(N)=NCC2C=C(Cl)C(c3ccc4c(ccn4C)c3)=CC2)cc1C(=O)O. The Bertz CT molecular complexity index is 1290. The third kappa shape index (κ3) is 5.69. The lowest BCUT2D eigenvalue weighted by Crippen LogP contribution is -2.21. The van der Waals surface area contributed by atoms with Crippen LogP contribution in [0.15, 0.2) is 70.8 Å². The van der Waals surface area contributed by atoms with Crippen molar-refractivity contribution in [3.05, 3.63) is 82.5 Å². The van der Waals surface area contributed by atoms with Crippen LogP contribution in [0.3, 0.4) is 0 Å². The van der Waals surface area contributed by atoms with Crippen LogP contribution in [-0.4, -0.2) is 28.2 Å². The van der Waals surface area contributed by atoms with E-state index >= 15 is 0 Å². The van der Waals surface area contributed by atoms with Crippen molar-refractivity contribution in [2.24, 2.45) is 23.7 Å². The zero-order chi connectivity index (χ0) is 24.8.